The Bertz CT molecular complexity index is 66.1. The molecule has 0 N–H and O–H groups in total. The minimum atomic E-state index is 1.08. The van der Waals surface area contributed by atoms with E-state index in [0.29, 0.717) is 0 Å². The average molecular weight is 126 g/mol. The van der Waals surface area contributed by atoms with Crippen LogP contribution in [0.5, 0.6) is 0 Å². The first-order chi connectivity index (χ1) is 4.36. The standard InChI is InChI=1S/C9H18/c1-3-8-5-6-9(4-2)7-8/h8-9H,3-7H2,1-2H3/t8-,9-/m0/s1. The molecule has 0 aliphatic heterocycles. The van der Waals surface area contributed by atoms with E-state index in [1.165, 1.54) is 32.1 Å². The lowest BCUT2D eigenvalue weighted by Crippen LogP contribution is -1.92. The summed E-state index contributed by atoms with van der Waals surface area (Å²) in [5.74, 6) is 2.16. The molecule has 0 spiro atoms. The van der Waals surface area contributed by atoms with Gasteiger partial charge in [-0.25, -0.2) is 0 Å². The molecule has 0 nitrogen and oxygen atoms in total. The second-order valence-electron chi connectivity index (χ2n) is 3.36. The van der Waals surface area contributed by atoms with Gasteiger partial charge in [-0.2, -0.15) is 0 Å². The predicted molar refractivity (Wildman–Crippen MR) is 41.4 cm³/mol. The van der Waals surface area contributed by atoms with Crippen molar-refractivity contribution < 1.29 is 0 Å². The van der Waals surface area contributed by atoms with E-state index in [1.54, 1.807) is 0 Å². The van der Waals surface area contributed by atoms with Crippen molar-refractivity contribution in [1.29, 1.82) is 0 Å². The molecule has 1 aliphatic carbocycles. The molecule has 0 amide bonds. The number of hydrogen-bond donors (Lipinski definition) is 0. The molecular formula is C9H18. The van der Waals surface area contributed by atoms with Gasteiger partial charge in [0.1, 0.15) is 0 Å². The highest BCUT2D eigenvalue weighted by Crippen LogP contribution is 2.34. The van der Waals surface area contributed by atoms with Crippen LogP contribution >= 0.6 is 0 Å². The molecule has 54 valence electrons. The summed E-state index contributed by atoms with van der Waals surface area (Å²) < 4.78 is 0. The summed E-state index contributed by atoms with van der Waals surface area (Å²) in [6.07, 6.45) is 7.37. The van der Waals surface area contributed by atoms with Crippen LogP contribution in [0.25, 0.3) is 0 Å². The van der Waals surface area contributed by atoms with Gasteiger partial charge in [-0.3, -0.25) is 0 Å². The molecule has 0 saturated heterocycles. The van der Waals surface area contributed by atoms with Gasteiger partial charge in [0, 0.05) is 0 Å². The molecule has 1 saturated carbocycles. The van der Waals surface area contributed by atoms with Crippen molar-refractivity contribution in [2.75, 3.05) is 0 Å². The first-order valence-electron chi connectivity index (χ1n) is 4.36. The fraction of sp³-hybridized carbons (Fsp3) is 1.00. The van der Waals surface area contributed by atoms with E-state index >= 15 is 0 Å². The van der Waals surface area contributed by atoms with Gasteiger partial charge in [-0.05, 0) is 18.3 Å². The largest absolute Gasteiger partial charge is 0.0651 e. The summed E-state index contributed by atoms with van der Waals surface area (Å²) in [5, 5.41) is 0. The quantitative estimate of drug-likeness (QED) is 0.533. The molecule has 0 unspecified atom stereocenters. The van der Waals surface area contributed by atoms with Gasteiger partial charge < -0.3 is 0 Å². The second-order valence-corrected chi connectivity index (χ2v) is 3.36. The van der Waals surface area contributed by atoms with E-state index in [1.807, 2.05) is 0 Å². The van der Waals surface area contributed by atoms with Crippen molar-refractivity contribution in [3.63, 3.8) is 0 Å². The lowest BCUT2D eigenvalue weighted by Gasteiger charge is -2.05. The van der Waals surface area contributed by atoms with Gasteiger partial charge in [-0.15, -0.1) is 0 Å². The topological polar surface area (TPSA) is 0 Å². The van der Waals surface area contributed by atoms with Crippen molar-refractivity contribution in [3.8, 4) is 0 Å². The molecule has 9 heavy (non-hydrogen) atoms. The first kappa shape index (κ1) is 7.11. The highest BCUT2D eigenvalue weighted by molar-refractivity contribution is 4.73. The molecule has 0 aromatic rings. The van der Waals surface area contributed by atoms with Gasteiger partial charge in [0.25, 0.3) is 0 Å². The Morgan fingerprint density at radius 3 is 1.67 bits per heavy atom. The molecule has 0 heterocycles. The van der Waals surface area contributed by atoms with Gasteiger partial charge in [-0.1, -0.05) is 39.5 Å². The van der Waals surface area contributed by atoms with E-state index in [9.17, 15) is 0 Å². The minimum absolute atomic E-state index is 1.08. The fourth-order valence-electron chi connectivity index (χ4n) is 1.92. The molecule has 0 heteroatoms. The van der Waals surface area contributed by atoms with E-state index in [4.69, 9.17) is 0 Å². The average Bonchev–Trinajstić information content (AvgIpc) is 2.34. The van der Waals surface area contributed by atoms with E-state index < -0.39 is 0 Å². The SMILES string of the molecule is CC[C@H]1CC[C@H](CC)C1. The first-order valence-corrected chi connectivity index (χ1v) is 4.36. The Morgan fingerprint density at radius 1 is 1.00 bits per heavy atom. The van der Waals surface area contributed by atoms with Gasteiger partial charge in [0.2, 0.25) is 0 Å². The van der Waals surface area contributed by atoms with Crippen LogP contribution < -0.4 is 0 Å². The molecule has 1 aliphatic rings. The molecule has 1 fully saturated rings. The zero-order valence-corrected chi connectivity index (χ0v) is 6.69. The van der Waals surface area contributed by atoms with Crippen molar-refractivity contribution in [2.24, 2.45) is 11.8 Å². The van der Waals surface area contributed by atoms with Crippen molar-refractivity contribution in [1.82, 2.24) is 0 Å². The van der Waals surface area contributed by atoms with Crippen LogP contribution in [0.2, 0.25) is 0 Å². The molecule has 0 radical (unpaired) electrons. The normalized spacial score (nSPS) is 35.3. The van der Waals surface area contributed by atoms with Crippen LogP contribution in [-0.2, 0) is 0 Å². The summed E-state index contributed by atoms with van der Waals surface area (Å²) in [7, 11) is 0. The zero-order valence-electron chi connectivity index (χ0n) is 6.69. The van der Waals surface area contributed by atoms with E-state index in [-0.39, 0.29) is 0 Å². The van der Waals surface area contributed by atoms with Crippen LogP contribution in [0.4, 0.5) is 0 Å². The summed E-state index contributed by atoms with van der Waals surface area (Å²) in [6.45, 7) is 4.64. The predicted octanol–water partition coefficient (Wildman–Crippen LogP) is 3.22. The Kier molecular flexibility index (Phi) is 2.56. The van der Waals surface area contributed by atoms with Crippen LogP contribution in [0.1, 0.15) is 46.0 Å². The molecular weight excluding hydrogens is 108 g/mol. The number of hydrogen-bond acceptors (Lipinski definition) is 0. The van der Waals surface area contributed by atoms with Gasteiger partial charge in [0.05, 0.1) is 0 Å². The molecule has 1 rings (SSSR count). The van der Waals surface area contributed by atoms with Gasteiger partial charge in [0.15, 0.2) is 0 Å². The fourth-order valence-corrected chi connectivity index (χ4v) is 1.92. The number of rotatable bonds is 2. The third kappa shape index (κ3) is 1.70. The Hall–Kier alpha value is 0. The van der Waals surface area contributed by atoms with Crippen LogP contribution in [-0.4, -0.2) is 0 Å². The maximum Gasteiger partial charge on any atom is -0.0414 e. The Morgan fingerprint density at radius 2 is 1.44 bits per heavy atom. The smallest absolute Gasteiger partial charge is 0.0414 e. The molecule has 0 bridgehead atoms. The molecule has 0 aromatic carbocycles. The molecule has 2 atom stereocenters. The highest BCUT2D eigenvalue weighted by Gasteiger charge is 2.20. The Labute approximate surface area is 58.7 Å². The van der Waals surface area contributed by atoms with E-state index in [2.05, 4.69) is 13.8 Å². The van der Waals surface area contributed by atoms with Gasteiger partial charge >= 0.3 is 0 Å². The monoisotopic (exact) mass is 126 g/mol. The highest BCUT2D eigenvalue weighted by atomic mass is 14.3. The Balaban J connectivity index is 2.20. The summed E-state index contributed by atoms with van der Waals surface area (Å²) in [6, 6.07) is 0. The van der Waals surface area contributed by atoms with Crippen LogP contribution in [0.15, 0.2) is 0 Å². The maximum absolute atomic E-state index is 2.32. The summed E-state index contributed by atoms with van der Waals surface area (Å²) >= 11 is 0. The lowest BCUT2D eigenvalue weighted by molar-refractivity contribution is 0.471. The van der Waals surface area contributed by atoms with Crippen LogP contribution in [0, 0.1) is 11.8 Å². The maximum atomic E-state index is 2.32. The minimum Gasteiger partial charge on any atom is -0.0651 e. The zero-order chi connectivity index (χ0) is 6.69. The van der Waals surface area contributed by atoms with Crippen LogP contribution in [0.3, 0.4) is 0 Å². The molecule has 0 aromatic heterocycles. The van der Waals surface area contributed by atoms with Crippen molar-refractivity contribution in [2.45, 2.75) is 46.0 Å². The third-order valence-electron chi connectivity index (χ3n) is 2.80. The lowest BCUT2D eigenvalue weighted by atomic mass is 10.0. The van der Waals surface area contributed by atoms with E-state index in [0.717, 1.165) is 11.8 Å². The van der Waals surface area contributed by atoms with Crippen molar-refractivity contribution >= 4 is 0 Å². The summed E-state index contributed by atoms with van der Waals surface area (Å²) in [4.78, 5) is 0. The summed E-state index contributed by atoms with van der Waals surface area (Å²) in [5.41, 5.74) is 0. The second kappa shape index (κ2) is 3.24. The third-order valence-corrected chi connectivity index (χ3v) is 2.80. The van der Waals surface area contributed by atoms with Crippen molar-refractivity contribution in [3.05, 3.63) is 0 Å².